The number of anilines is 1. The van der Waals surface area contributed by atoms with E-state index in [9.17, 15) is 8.78 Å². The maximum atomic E-state index is 13.5. The molecule has 96 valence electrons. The summed E-state index contributed by atoms with van der Waals surface area (Å²) in [6.07, 6.45) is 3.88. The topological polar surface area (TPSA) is 17.0 Å². The van der Waals surface area contributed by atoms with Gasteiger partial charge in [-0.1, -0.05) is 15.9 Å². The highest BCUT2D eigenvalue weighted by Gasteiger charge is 2.10. The molecule has 1 aromatic carbocycles. The van der Waals surface area contributed by atoms with Crippen molar-refractivity contribution in [2.45, 2.75) is 20.0 Å². The lowest BCUT2D eigenvalue weighted by atomic mass is 10.2. The van der Waals surface area contributed by atoms with Crippen molar-refractivity contribution >= 4 is 21.6 Å². The Morgan fingerprint density at radius 3 is 2.50 bits per heavy atom. The van der Waals surface area contributed by atoms with Crippen molar-refractivity contribution in [3.63, 3.8) is 0 Å². The van der Waals surface area contributed by atoms with Gasteiger partial charge >= 0.3 is 0 Å². The molecule has 0 fully saturated rings. The summed E-state index contributed by atoms with van der Waals surface area (Å²) in [5.41, 5.74) is 0.890. The molecule has 0 saturated heterocycles. The van der Waals surface area contributed by atoms with Gasteiger partial charge in [-0.25, -0.2) is 8.78 Å². The largest absolute Gasteiger partial charge is 0.376 e. The standard InChI is InChI=1S/C13H13BrF2N2/c1-2-18-4-3-9(8-18)7-17-13-11(15)5-10(14)6-12(13)16/h3-6,8,17H,2,7H2,1H3. The van der Waals surface area contributed by atoms with Crippen molar-refractivity contribution in [1.29, 1.82) is 0 Å². The summed E-state index contributed by atoms with van der Waals surface area (Å²) in [5.74, 6) is -1.20. The van der Waals surface area contributed by atoms with Gasteiger partial charge in [0.25, 0.3) is 0 Å². The highest BCUT2D eigenvalue weighted by Crippen LogP contribution is 2.24. The van der Waals surface area contributed by atoms with Crippen LogP contribution in [0, 0.1) is 11.6 Å². The zero-order chi connectivity index (χ0) is 13.1. The molecule has 0 unspecified atom stereocenters. The molecule has 0 bridgehead atoms. The predicted molar refractivity (Wildman–Crippen MR) is 71.5 cm³/mol. The highest BCUT2D eigenvalue weighted by atomic mass is 79.9. The summed E-state index contributed by atoms with van der Waals surface area (Å²) < 4.78 is 29.5. The van der Waals surface area contributed by atoms with E-state index in [1.807, 2.05) is 30.0 Å². The zero-order valence-corrected chi connectivity index (χ0v) is 11.5. The third-order valence-corrected chi connectivity index (χ3v) is 3.11. The number of rotatable bonds is 4. The first-order chi connectivity index (χ1) is 8.60. The van der Waals surface area contributed by atoms with Crippen molar-refractivity contribution in [3.8, 4) is 0 Å². The van der Waals surface area contributed by atoms with E-state index in [0.717, 1.165) is 12.1 Å². The number of hydrogen-bond acceptors (Lipinski definition) is 1. The molecule has 2 rings (SSSR count). The second-order valence-corrected chi connectivity index (χ2v) is 4.86. The van der Waals surface area contributed by atoms with Gasteiger partial charge in [0.15, 0.2) is 0 Å². The van der Waals surface area contributed by atoms with E-state index >= 15 is 0 Å². The van der Waals surface area contributed by atoms with Crippen LogP contribution in [0.3, 0.4) is 0 Å². The molecule has 0 aliphatic heterocycles. The molecule has 0 saturated carbocycles. The summed E-state index contributed by atoms with van der Waals surface area (Å²) in [5, 5.41) is 2.78. The molecule has 0 radical (unpaired) electrons. The fourth-order valence-electron chi connectivity index (χ4n) is 1.69. The van der Waals surface area contributed by atoms with Crippen LogP contribution < -0.4 is 5.32 Å². The Hall–Kier alpha value is -1.36. The molecule has 0 spiro atoms. The lowest BCUT2D eigenvalue weighted by Gasteiger charge is -2.08. The number of aryl methyl sites for hydroxylation is 1. The van der Waals surface area contributed by atoms with Gasteiger partial charge in [0.05, 0.1) is 0 Å². The molecule has 0 amide bonds. The van der Waals surface area contributed by atoms with Crippen LogP contribution >= 0.6 is 15.9 Å². The van der Waals surface area contributed by atoms with E-state index in [1.165, 1.54) is 12.1 Å². The molecule has 2 aromatic rings. The van der Waals surface area contributed by atoms with Crippen LogP contribution in [0.5, 0.6) is 0 Å². The molecule has 0 aliphatic carbocycles. The monoisotopic (exact) mass is 314 g/mol. The number of nitrogens with one attached hydrogen (secondary N) is 1. The summed E-state index contributed by atoms with van der Waals surface area (Å²) in [6.45, 7) is 3.30. The summed E-state index contributed by atoms with van der Waals surface area (Å²) >= 11 is 3.04. The highest BCUT2D eigenvalue weighted by molar-refractivity contribution is 9.10. The lowest BCUT2D eigenvalue weighted by Crippen LogP contribution is -2.03. The van der Waals surface area contributed by atoms with Crippen LogP contribution in [-0.4, -0.2) is 4.57 Å². The SMILES string of the molecule is CCn1ccc(CNc2c(F)cc(Br)cc2F)c1. The molecular weight excluding hydrogens is 302 g/mol. The van der Waals surface area contributed by atoms with E-state index in [-0.39, 0.29) is 5.69 Å². The van der Waals surface area contributed by atoms with Gasteiger partial charge in [0, 0.05) is 30.0 Å². The van der Waals surface area contributed by atoms with Crippen LogP contribution in [0.25, 0.3) is 0 Å². The van der Waals surface area contributed by atoms with Gasteiger partial charge in [-0.3, -0.25) is 0 Å². The molecule has 1 N–H and O–H groups in total. The molecule has 5 heteroatoms. The smallest absolute Gasteiger partial charge is 0.150 e. The molecule has 1 aromatic heterocycles. The van der Waals surface area contributed by atoms with Gasteiger partial charge in [-0.05, 0) is 30.7 Å². The Labute approximate surface area is 113 Å². The van der Waals surface area contributed by atoms with Crippen LogP contribution in [0.1, 0.15) is 12.5 Å². The summed E-state index contributed by atoms with van der Waals surface area (Å²) in [7, 11) is 0. The average Bonchev–Trinajstić information content (AvgIpc) is 2.75. The second kappa shape index (κ2) is 5.52. The summed E-state index contributed by atoms with van der Waals surface area (Å²) in [6, 6.07) is 4.40. The molecular formula is C13H13BrF2N2. The molecule has 1 heterocycles. The predicted octanol–water partition coefficient (Wildman–Crippen LogP) is 4.16. The number of aromatic nitrogens is 1. The summed E-state index contributed by atoms with van der Waals surface area (Å²) in [4.78, 5) is 0. The fourth-order valence-corrected chi connectivity index (χ4v) is 2.10. The van der Waals surface area contributed by atoms with Crippen molar-refractivity contribution in [1.82, 2.24) is 4.57 Å². The quantitative estimate of drug-likeness (QED) is 0.896. The Kier molecular flexibility index (Phi) is 4.01. The molecule has 2 nitrogen and oxygen atoms in total. The zero-order valence-electron chi connectivity index (χ0n) is 9.88. The van der Waals surface area contributed by atoms with E-state index in [0.29, 0.717) is 11.0 Å². The van der Waals surface area contributed by atoms with Gasteiger partial charge in [0.1, 0.15) is 17.3 Å². The van der Waals surface area contributed by atoms with Crippen LogP contribution in [0.4, 0.5) is 14.5 Å². The number of hydrogen-bond donors (Lipinski definition) is 1. The molecule has 18 heavy (non-hydrogen) atoms. The average molecular weight is 315 g/mol. The Balaban J connectivity index is 2.10. The van der Waals surface area contributed by atoms with E-state index in [1.54, 1.807) is 0 Å². The van der Waals surface area contributed by atoms with Crippen molar-refractivity contribution in [2.75, 3.05) is 5.32 Å². The fraction of sp³-hybridized carbons (Fsp3) is 0.231. The first-order valence-corrected chi connectivity index (χ1v) is 6.42. The first-order valence-electron chi connectivity index (χ1n) is 5.63. The Morgan fingerprint density at radius 2 is 1.94 bits per heavy atom. The number of halogens is 3. The van der Waals surface area contributed by atoms with Gasteiger partial charge in [-0.2, -0.15) is 0 Å². The van der Waals surface area contributed by atoms with Crippen LogP contribution in [-0.2, 0) is 13.1 Å². The maximum Gasteiger partial charge on any atom is 0.150 e. The minimum Gasteiger partial charge on any atom is -0.376 e. The minimum atomic E-state index is -0.600. The number of benzene rings is 1. The van der Waals surface area contributed by atoms with E-state index in [4.69, 9.17) is 0 Å². The Bertz CT molecular complexity index is 529. The van der Waals surface area contributed by atoms with Crippen molar-refractivity contribution < 1.29 is 8.78 Å². The second-order valence-electron chi connectivity index (χ2n) is 3.95. The van der Waals surface area contributed by atoms with Gasteiger partial charge in [0.2, 0.25) is 0 Å². The normalized spacial score (nSPS) is 10.7. The van der Waals surface area contributed by atoms with Gasteiger partial charge in [-0.15, -0.1) is 0 Å². The van der Waals surface area contributed by atoms with Crippen LogP contribution in [0.2, 0.25) is 0 Å². The minimum absolute atomic E-state index is 0.0950. The van der Waals surface area contributed by atoms with Crippen molar-refractivity contribution in [3.05, 3.63) is 52.3 Å². The third kappa shape index (κ3) is 2.90. The number of nitrogens with zero attached hydrogens (tertiary/aromatic N) is 1. The van der Waals surface area contributed by atoms with E-state index < -0.39 is 11.6 Å². The third-order valence-electron chi connectivity index (χ3n) is 2.65. The maximum absolute atomic E-state index is 13.5. The van der Waals surface area contributed by atoms with Crippen molar-refractivity contribution in [2.24, 2.45) is 0 Å². The first kappa shape index (κ1) is 13.1. The van der Waals surface area contributed by atoms with Gasteiger partial charge < -0.3 is 9.88 Å². The molecule has 0 aliphatic rings. The Morgan fingerprint density at radius 1 is 1.28 bits per heavy atom. The molecule has 0 atom stereocenters. The van der Waals surface area contributed by atoms with E-state index in [2.05, 4.69) is 21.2 Å². The lowest BCUT2D eigenvalue weighted by molar-refractivity contribution is 0.586. The van der Waals surface area contributed by atoms with Crippen LogP contribution in [0.15, 0.2) is 35.1 Å².